The smallest absolute Gasteiger partial charge is 0.543 e. The van der Waals surface area contributed by atoms with Crippen LogP contribution in [0.3, 0.4) is 0 Å². The predicted octanol–water partition coefficient (Wildman–Crippen LogP) is -1.73. The molecule has 8 nitrogen and oxygen atoms in total. The first kappa shape index (κ1) is 39.3. The van der Waals surface area contributed by atoms with E-state index in [2.05, 4.69) is 46.4 Å². The van der Waals surface area contributed by atoms with Crippen molar-refractivity contribution in [2.75, 3.05) is 0 Å². The van der Waals surface area contributed by atoms with Gasteiger partial charge >= 0.3 is 61.5 Å². The third-order valence-corrected chi connectivity index (χ3v) is 1.54. The van der Waals surface area contributed by atoms with E-state index in [1.165, 1.54) is 0 Å². The van der Waals surface area contributed by atoms with Gasteiger partial charge in [0.15, 0.2) is 0 Å². The number of carboxylic acids is 4. The number of aliphatic carboxylic acids is 4. The van der Waals surface area contributed by atoms with Gasteiger partial charge in [-0.2, -0.15) is 35.1 Å². The van der Waals surface area contributed by atoms with E-state index in [0.717, 1.165) is 0 Å². The molecule has 0 radical (unpaired) electrons. The molecule has 21 heteroatoms. The van der Waals surface area contributed by atoms with E-state index in [-0.39, 0.29) is 39.9 Å². The van der Waals surface area contributed by atoms with E-state index >= 15 is 0 Å². The second kappa shape index (κ2) is 15.6. The molecular formula is C8Cl4F8O8Th. The standard InChI is InChI=1S/4C2HClF2O2.Th/c4*3-2(4,5)1(6)7;/h4*(H,6,7);/q;;;;+4/p-4. The van der Waals surface area contributed by atoms with Crippen molar-refractivity contribution in [3.8, 4) is 0 Å². The van der Waals surface area contributed by atoms with E-state index in [0.29, 0.717) is 0 Å². The van der Waals surface area contributed by atoms with Crippen molar-refractivity contribution >= 4 is 70.3 Å². The van der Waals surface area contributed by atoms with Crippen molar-refractivity contribution in [1.82, 2.24) is 0 Å². The summed E-state index contributed by atoms with van der Waals surface area (Å²) in [5.74, 6) is -10.3. The third-order valence-electron chi connectivity index (χ3n) is 0.926. The van der Waals surface area contributed by atoms with Crippen LogP contribution in [-0.2, 0) is 19.2 Å². The minimum absolute atomic E-state index is 0. The number of alkyl halides is 12. The molecule has 0 fully saturated rings. The van der Waals surface area contributed by atoms with Crippen LogP contribution in [-0.4, -0.2) is 45.4 Å². The van der Waals surface area contributed by atoms with Crippen LogP contribution < -0.4 is 20.4 Å². The van der Waals surface area contributed by atoms with E-state index in [1.54, 1.807) is 0 Å². The van der Waals surface area contributed by atoms with Crippen LogP contribution in [0.4, 0.5) is 35.1 Å². The predicted molar refractivity (Wildman–Crippen MR) is 63.2 cm³/mol. The Morgan fingerprint density at radius 1 is 0.448 bits per heavy atom. The minimum atomic E-state index is -4.22. The molecule has 0 aromatic carbocycles. The van der Waals surface area contributed by atoms with E-state index in [9.17, 15) is 35.1 Å². The van der Waals surface area contributed by atoms with Gasteiger partial charge in [0.1, 0.15) is 23.9 Å². The Morgan fingerprint density at radius 2 is 0.483 bits per heavy atom. The molecule has 0 aromatic rings. The summed E-state index contributed by atoms with van der Waals surface area (Å²) in [5, 5.41) is 19.2. The second-order valence-electron chi connectivity index (χ2n) is 3.14. The van der Waals surface area contributed by atoms with Crippen LogP contribution >= 0.6 is 46.4 Å². The maximum absolute atomic E-state index is 10.9. The normalized spacial score (nSPS) is 10.9. The number of rotatable bonds is 4. The number of hydrogen-bond acceptors (Lipinski definition) is 8. The number of carbonyl (C=O) groups is 4. The molecule has 0 aromatic heterocycles. The molecule has 0 rings (SSSR count). The first-order valence-corrected chi connectivity index (χ1v) is 6.41. The van der Waals surface area contributed by atoms with Crippen molar-refractivity contribution in [3.63, 3.8) is 0 Å². The maximum atomic E-state index is 10.9. The molecule has 0 heterocycles. The van der Waals surface area contributed by atoms with Crippen molar-refractivity contribution in [3.05, 3.63) is 0 Å². The molecule has 0 spiro atoms. The fourth-order valence-electron chi connectivity index (χ4n) is 0. The zero-order chi connectivity index (χ0) is 24.3. The summed E-state index contributed by atoms with van der Waals surface area (Å²) in [6.45, 7) is 0. The van der Waals surface area contributed by atoms with Gasteiger partial charge in [0, 0.05) is 0 Å². The molecular weight excluding hydrogens is 750 g/mol. The minimum Gasteiger partial charge on any atom is -0.543 e. The molecule has 0 aliphatic rings. The topological polar surface area (TPSA) is 161 Å². The number of halogens is 12. The quantitative estimate of drug-likeness (QED) is 0.242. The molecule has 0 atom stereocenters. The van der Waals surface area contributed by atoms with Crippen LogP contribution in [0.5, 0.6) is 0 Å². The number of carbonyl (C=O) groups excluding carboxylic acids is 4. The summed E-state index contributed by atoms with van der Waals surface area (Å²) in [7, 11) is 0. The third kappa shape index (κ3) is 32.7. The molecule has 0 aliphatic carbocycles. The Balaban J connectivity index is -0.0000000873. The summed E-state index contributed by atoms with van der Waals surface area (Å²) in [4.78, 5) is 36.1. The van der Waals surface area contributed by atoms with Gasteiger partial charge in [0.2, 0.25) is 0 Å². The molecule has 0 aliphatic heterocycles. The van der Waals surface area contributed by atoms with Gasteiger partial charge in [0.05, 0.1) is 0 Å². The first-order valence-electron chi connectivity index (χ1n) is 4.90. The fourth-order valence-corrected chi connectivity index (χ4v) is 0. The van der Waals surface area contributed by atoms with Gasteiger partial charge in [-0.15, -0.1) is 0 Å². The molecule has 0 amide bonds. The Morgan fingerprint density at radius 3 is 0.483 bits per heavy atom. The maximum Gasteiger partial charge on any atom is 4.00 e. The second-order valence-corrected chi connectivity index (χ2v) is 5.04. The van der Waals surface area contributed by atoms with Crippen molar-refractivity contribution in [2.45, 2.75) is 21.5 Å². The summed E-state index contributed by atoms with van der Waals surface area (Å²) in [6.07, 6.45) is 0. The summed E-state index contributed by atoms with van der Waals surface area (Å²) in [6, 6.07) is 0. The van der Waals surface area contributed by atoms with Gasteiger partial charge in [-0.05, 0) is 46.4 Å². The summed E-state index contributed by atoms with van der Waals surface area (Å²) >= 11 is 15.5. The largest absolute Gasteiger partial charge is 4.00 e. The SMILES string of the molecule is O=C([O-])C(F)(F)Cl.O=C([O-])C(F)(F)Cl.O=C([O-])C(F)(F)Cl.O=C([O-])C(F)(F)Cl.[Th+4]. The first-order chi connectivity index (χ1) is 11.8. The molecule has 29 heavy (non-hydrogen) atoms. The monoisotopic (exact) mass is 748 g/mol. The Labute approximate surface area is 205 Å². The van der Waals surface area contributed by atoms with Gasteiger partial charge in [-0.1, -0.05) is 0 Å². The van der Waals surface area contributed by atoms with Crippen molar-refractivity contribution in [2.24, 2.45) is 0 Å². The fraction of sp³-hybridized carbons (Fsp3) is 0.500. The van der Waals surface area contributed by atoms with E-state index in [1.807, 2.05) is 0 Å². The van der Waals surface area contributed by atoms with Crippen LogP contribution in [0, 0.1) is 39.9 Å². The van der Waals surface area contributed by atoms with Crippen LogP contribution in [0.2, 0.25) is 0 Å². The Kier molecular flexibility index (Phi) is 21.1. The number of hydrogen-bond donors (Lipinski definition) is 0. The van der Waals surface area contributed by atoms with Gasteiger partial charge in [0.25, 0.3) is 0 Å². The van der Waals surface area contributed by atoms with E-state index < -0.39 is 45.4 Å². The van der Waals surface area contributed by atoms with Crippen molar-refractivity contribution < 1.29 is 115 Å². The molecule has 0 unspecified atom stereocenters. The molecule has 0 saturated heterocycles. The zero-order valence-electron chi connectivity index (χ0n) is 12.3. The zero-order valence-corrected chi connectivity index (χ0v) is 19.4. The average molecular weight is 750 g/mol. The van der Waals surface area contributed by atoms with Gasteiger partial charge in [-0.25, -0.2) is 0 Å². The van der Waals surface area contributed by atoms with Gasteiger partial charge in [-0.3, -0.25) is 0 Å². The Bertz CT molecular complexity index is 447. The molecule has 0 bridgehead atoms. The Hall–Kier alpha value is -0.195. The molecule has 0 saturated carbocycles. The molecule has 0 N–H and O–H groups in total. The number of carboxylic acid groups (broad SMARTS) is 4. The van der Waals surface area contributed by atoms with Crippen molar-refractivity contribution in [1.29, 1.82) is 0 Å². The van der Waals surface area contributed by atoms with Crippen LogP contribution in [0.25, 0.3) is 0 Å². The summed E-state index contributed by atoms with van der Waals surface area (Å²) < 4.78 is 87.6. The average Bonchev–Trinajstić information content (AvgIpc) is 2.35. The summed E-state index contributed by atoms with van der Waals surface area (Å²) in [5.41, 5.74) is 0. The molecule has 168 valence electrons. The van der Waals surface area contributed by atoms with Crippen LogP contribution in [0.15, 0.2) is 0 Å². The van der Waals surface area contributed by atoms with Gasteiger partial charge < -0.3 is 39.6 Å². The van der Waals surface area contributed by atoms with Crippen LogP contribution in [0.1, 0.15) is 0 Å². The van der Waals surface area contributed by atoms with E-state index in [4.69, 9.17) is 39.6 Å².